The second-order valence-electron chi connectivity index (χ2n) is 3.76. The number of anilines is 1. The van der Waals surface area contributed by atoms with Gasteiger partial charge in [-0.15, -0.1) is 0 Å². The van der Waals surface area contributed by atoms with E-state index in [9.17, 15) is 9.18 Å². The number of carbonyl (C=O) groups excluding carboxylic acids is 1. The van der Waals surface area contributed by atoms with Crippen LogP contribution < -0.4 is 5.73 Å². The standard InChI is InChI=1S/C12H12FN3O2/c1-16-11(14)6-10(15-16)8-4-3-7(5-9(8)13)12(17)18-2/h3-6H,14H2,1-2H3. The van der Waals surface area contributed by atoms with Gasteiger partial charge in [0, 0.05) is 18.7 Å². The van der Waals surface area contributed by atoms with Crippen molar-refractivity contribution in [2.24, 2.45) is 7.05 Å². The van der Waals surface area contributed by atoms with Gasteiger partial charge < -0.3 is 10.5 Å². The van der Waals surface area contributed by atoms with Gasteiger partial charge in [-0.2, -0.15) is 5.10 Å². The molecule has 0 aliphatic heterocycles. The first-order valence-electron chi connectivity index (χ1n) is 5.20. The Bertz CT molecular complexity index is 588. The highest BCUT2D eigenvalue weighted by Crippen LogP contribution is 2.24. The third kappa shape index (κ3) is 2.04. The summed E-state index contributed by atoms with van der Waals surface area (Å²) < 4.78 is 19.8. The van der Waals surface area contributed by atoms with Gasteiger partial charge in [0.05, 0.1) is 18.4 Å². The Morgan fingerprint density at radius 3 is 2.67 bits per heavy atom. The Morgan fingerprint density at radius 1 is 1.44 bits per heavy atom. The summed E-state index contributed by atoms with van der Waals surface area (Å²) >= 11 is 0. The lowest BCUT2D eigenvalue weighted by molar-refractivity contribution is 0.0600. The number of aryl methyl sites for hydroxylation is 1. The highest BCUT2D eigenvalue weighted by atomic mass is 19.1. The molecule has 0 atom stereocenters. The largest absolute Gasteiger partial charge is 0.465 e. The van der Waals surface area contributed by atoms with Crippen LogP contribution in [0.3, 0.4) is 0 Å². The number of benzene rings is 1. The van der Waals surface area contributed by atoms with Gasteiger partial charge in [0.2, 0.25) is 0 Å². The van der Waals surface area contributed by atoms with Crippen LogP contribution in [-0.4, -0.2) is 22.9 Å². The van der Waals surface area contributed by atoms with E-state index in [0.29, 0.717) is 11.5 Å². The minimum atomic E-state index is -0.582. The van der Waals surface area contributed by atoms with E-state index >= 15 is 0 Å². The molecule has 2 rings (SSSR count). The zero-order chi connectivity index (χ0) is 13.3. The number of rotatable bonds is 2. The molecule has 0 aliphatic rings. The molecule has 1 aromatic carbocycles. The molecule has 2 aromatic rings. The van der Waals surface area contributed by atoms with E-state index in [-0.39, 0.29) is 11.1 Å². The number of esters is 1. The number of nitrogens with two attached hydrogens (primary N) is 1. The molecule has 1 aromatic heterocycles. The van der Waals surface area contributed by atoms with E-state index in [1.54, 1.807) is 13.1 Å². The Hall–Kier alpha value is -2.37. The lowest BCUT2D eigenvalue weighted by Crippen LogP contribution is -2.02. The van der Waals surface area contributed by atoms with Crippen LogP contribution >= 0.6 is 0 Å². The Labute approximate surface area is 103 Å². The van der Waals surface area contributed by atoms with Crippen LogP contribution in [-0.2, 0) is 11.8 Å². The fraction of sp³-hybridized carbons (Fsp3) is 0.167. The number of carbonyl (C=O) groups is 1. The van der Waals surface area contributed by atoms with Gasteiger partial charge in [-0.05, 0) is 18.2 Å². The molecule has 0 amide bonds. The number of hydrogen-bond donors (Lipinski definition) is 1. The second-order valence-corrected chi connectivity index (χ2v) is 3.76. The summed E-state index contributed by atoms with van der Waals surface area (Å²) in [5.41, 5.74) is 6.49. The predicted molar refractivity (Wildman–Crippen MR) is 64.4 cm³/mol. The number of ether oxygens (including phenoxy) is 1. The van der Waals surface area contributed by atoms with Crippen molar-refractivity contribution in [2.75, 3.05) is 12.8 Å². The van der Waals surface area contributed by atoms with Crippen molar-refractivity contribution in [1.29, 1.82) is 0 Å². The number of nitrogens with zero attached hydrogens (tertiary/aromatic N) is 2. The fourth-order valence-corrected chi connectivity index (χ4v) is 1.58. The number of halogens is 1. The van der Waals surface area contributed by atoms with E-state index in [4.69, 9.17) is 5.73 Å². The monoisotopic (exact) mass is 249 g/mol. The molecule has 5 nitrogen and oxygen atoms in total. The maximum absolute atomic E-state index is 13.9. The van der Waals surface area contributed by atoms with E-state index in [1.165, 1.54) is 23.9 Å². The highest BCUT2D eigenvalue weighted by Gasteiger charge is 2.13. The van der Waals surface area contributed by atoms with Crippen molar-refractivity contribution in [1.82, 2.24) is 9.78 Å². The summed E-state index contributed by atoms with van der Waals surface area (Å²) in [6, 6.07) is 5.64. The SMILES string of the molecule is COC(=O)c1ccc(-c2cc(N)n(C)n2)c(F)c1. The topological polar surface area (TPSA) is 70.1 Å². The second kappa shape index (κ2) is 4.48. The van der Waals surface area contributed by atoms with E-state index in [0.717, 1.165) is 6.07 Å². The maximum atomic E-state index is 13.9. The van der Waals surface area contributed by atoms with E-state index in [1.807, 2.05) is 0 Å². The number of aromatic nitrogens is 2. The third-order valence-electron chi connectivity index (χ3n) is 2.58. The van der Waals surface area contributed by atoms with Crippen molar-refractivity contribution in [3.63, 3.8) is 0 Å². The molecule has 2 N–H and O–H groups in total. The van der Waals surface area contributed by atoms with Gasteiger partial charge in [-0.25, -0.2) is 9.18 Å². The first-order valence-corrected chi connectivity index (χ1v) is 5.20. The molecule has 0 fully saturated rings. The summed E-state index contributed by atoms with van der Waals surface area (Å²) in [5, 5.41) is 4.07. The van der Waals surface area contributed by atoms with Gasteiger partial charge in [0.25, 0.3) is 0 Å². The predicted octanol–water partition coefficient (Wildman–Crippen LogP) is 1.59. The number of nitrogen functional groups attached to an aromatic ring is 1. The molecule has 1 heterocycles. The summed E-state index contributed by atoms with van der Waals surface area (Å²) in [5.74, 6) is -0.696. The van der Waals surface area contributed by atoms with Crippen LogP contribution in [0.1, 0.15) is 10.4 Å². The summed E-state index contributed by atoms with van der Waals surface area (Å²) in [6.45, 7) is 0. The first kappa shape index (κ1) is 12.1. The molecular formula is C12H12FN3O2. The van der Waals surface area contributed by atoms with Gasteiger partial charge in [-0.3, -0.25) is 4.68 Å². The normalized spacial score (nSPS) is 10.4. The van der Waals surface area contributed by atoms with E-state index < -0.39 is 11.8 Å². The van der Waals surface area contributed by atoms with Gasteiger partial charge >= 0.3 is 5.97 Å². The minimum absolute atomic E-state index is 0.155. The molecule has 0 unspecified atom stereocenters. The van der Waals surface area contributed by atoms with Crippen LogP contribution in [0.5, 0.6) is 0 Å². The quantitative estimate of drug-likeness (QED) is 0.820. The van der Waals surface area contributed by atoms with Crippen molar-refractivity contribution >= 4 is 11.8 Å². The number of methoxy groups -OCH3 is 1. The molecule has 0 radical (unpaired) electrons. The lowest BCUT2D eigenvalue weighted by atomic mass is 10.1. The van der Waals surface area contributed by atoms with Crippen LogP contribution in [0.25, 0.3) is 11.3 Å². The molecule has 94 valence electrons. The van der Waals surface area contributed by atoms with Crippen LogP contribution in [0.2, 0.25) is 0 Å². The first-order chi connectivity index (χ1) is 8.52. The van der Waals surface area contributed by atoms with Gasteiger partial charge in [0.15, 0.2) is 0 Å². The molecule has 6 heteroatoms. The molecule has 0 bridgehead atoms. The Kier molecular flexibility index (Phi) is 3.01. The van der Waals surface area contributed by atoms with Crippen LogP contribution in [0.4, 0.5) is 10.2 Å². The van der Waals surface area contributed by atoms with Crippen molar-refractivity contribution in [3.8, 4) is 11.3 Å². The third-order valence-corrected chi connectivity index (χ3v) is 2.58. The lowest BCUT2D eigenvalue weighted by Gasteiger charge is -2.02. The van der Waals surface area contributed by atoms with Crippen molar-refractivity contribution < 1.29 is 13.9 Å². The summed E-state index contributed by atoms with van der Waals surface area (Å²) in [4.78, 5) is 11.2. The summed E-state index contributed by atoms with van der Waals surface area (Å²) in [6.07, 6.45) is 0. The average Bonchev–Trinajstić information content (AvgIpc) is 2.68. The number of hydrogen-bond acceptors (Lipinski definition) is 4. The molecule has 0 saturated heterocycles. The van der Waals surface area contributed by atoms with E-state index in [2.05, 4.69) is 9.84 Å². The summed E-state index contributed by atoms with van der Waals surface area (Å²) in [7, 11) is 2.91. The molecular weight excluding hydrogens is 237 g/mol. The molecule has 0 aliphatic carbocycles. The van der Waals surface area contributed by atoms with Crippen LogP contribution in [0, 0.1) is 5.82 Å². The zero-order valence-electron chi connectivity index (χ0n) is 9.98. The Morgan fingerprint density at radius 2 is 2.17 bits per heavy atom. The smallest absolute Gasteiger partial charge is 0.337 e. The zero-order valence-corrected chi connectivity index (χ0v) is 9.98. The van der Waals surface area contributed by atoms with Crippen LogP contribution in [0.15, 0.2) is 24.3 Å². The highest BCUT2D eigenvalue weighted by molar-refractivity contribution is 5.90. The van der Waals surface area contributed by atoms with Gasteiger partial charge in [0.1, 0.15) is 11.6 Å². The molecule has 0 spiro atoms. The maximum Gasteiger partial charge on any atom is 0.337 e. The van der Waals surface area contributed by atoms with Crippen molar-refractivity contribution in [3.05, 3.63) is 35.6 Å². The molecule has 18 heavy (non-hydrogen) atoms. The average molecular weight is 249 g/mol. The fourth-order valence-electron chi connectivity index (χ4n) is 1.58. The van der Waals surface area contributed by atoms with Crippen molar-refractivity contribution in [2.45, 2.75) is 0 Å². The van der Waals surface area contributed by atoms with Gasteiger partial charge in [-0.1, -0.05) is 0 Å². The Balaban J connectivity index is 2.44. The molecule has 0 saturated carbocycles. The minimum Gasteiger partial charge on any atom is -0.465 e.